The molecular weight excluding hydrogens is 445 g/mol. The molecule has 0 radical (unpaired) electrons. The molecule has 0 atom stereocenters. The Hall–Kier alpha value is -4.02. The maximum atomic E-state index is 13.5. The number of anilines is 1. The number of nitrogens with one attached hydrogen (secondary N) is 2. The molecule has 11 heteroatoms. The Balaban J connectivity index is 1.64. The Bertz CT molecular complexity index is 1320. The number of halogens is 5. The number of carbonyl (C=O) groups is 1. The van der Waals surface area contributed by atoms with Gasteiger partial charge in [0.15, 0.2) is 0 Å². The number of nitrogens with zero attached hydrogens (tertiary/aromatic N) is 2. The van der Waals surface area contributed by atoms with E-state index in [4.69, 9.17) is 5.73 Å². The monoisotopic (exact) mass is 461 g/mol. The van der Waals surface area contributed by atoms with Crippen LogP contribution in [0.15, 0.2) is 60.9 Å². The average Bonchev–Trinajstić information content (AvgIpc) is 3.26. The number of carbonyl (C=O) groups excluding carboxylic acids is 1. The van der Waals surface area contributed by atoms with Gasteiger partial charge in [-0.15, -0.1) is 0 Å². The van der Waals surface area contributed by atoms with E-state index < -0.39 is 23.6 Å². The number of hydrogen-bond donors (Lipinski definition) is 3. The van der Waals surface area contributed by atoms with Gasteiger partial charge in [0.25, 0.3) is 5.91 Å². The van der Waals surface area contributed by atoms with Crippen LogP contribution < -0.4 is 11.1 Å². The van der Waals surface area contributed by atoms with Crippen LogP contribution in [0.5, 0.6) is 0 Å². The van der Waals surface area contributed by atoms with E-state index in [1.54, 1.807) is 18.5 Å². The predicted octanol–water partition coefficient (Wildman–Crippen LogP) is 4.99. The maximum Gasteiger partial charge on any atom is 0.458 e. The largest absolute Gasteiger partial charge is 0.458 e. The topological polar surface area (TPSA) is 96.7 Å². The van der Waals surface area contributed by atoms with Crippen LogP contribution in [0.1, 0.15) is 21.5 Å². The van der Waals surface area contributed by atoms with Gasteiger partial charge in [-0.05, 0) is 29.8 Å². The van der Waals surface area contributed by atoms with Crippen molar-refractivity contribution in [1.29, 1.82) is 0 Å². The van der Waals surface area contributed by atoms with Crippen molar-refractivity contribution in [2.75, 3.05) is 5.32 Å². The number of aromatic amines is 1. The number of amides is 1. The number of fused-ring (bicyclic) bond motifs is 1. The van der Waals surface area contributed by atoms with Crippen LogP contribution in [-0.2, 0) is 12.5 Å². The minimum absolute atomic E-state index is 0.0957. The van der Waals surface area contributed by atoms with E-state index in [1.807, 2.05) is 6.07 Å². The highest BCUT2D eigenvalue weighted by Gasteiger charge is 2.58. The van der Waals surface area contributed by atoms with Gasteiger partial charge in [-0.2, -0.15) is 22.0 Å². The first-order chi connectivity index (χ1) is 15.6. The number of benzene rings is 1. The van der Waals surface area contributed by atoms with Crippen LogP contribution in [0.25, 0.3) is 22.3 Å². The molecule has 0 bridgehead atoms. The van der Waals surface area contributed by atoms with Crippen molar-refractivity contribution in [2.45, 2.75) is 18.6 Å². The van der Waals surface area contributed by atoms with Crippen LogP contribution in [0.2, 0.25) is 0 Å². The van der Waals surface area contributed by atoms with E-state index in [-0.39, 0.29) is 29.2 Å². The Morgan fingerprint density at radius 2 is 1.73 bits per heavy atom. The van der Waals surface area contributed by atoms with Gasteiger partial charge in [0.2, 0.25) is 0 Å². The summed E-state index contributed by atoms with van der Waals surface area (Å²) in [5.41, 5.74) is 6.43. The van der Waals surface area contributed by atoms with E-state index in [0.29, 0.717) is 17.8 Å². The SMILES string of the molecule is NC(=O)c1ccc(-c2ccc(C(F)(F)C(F)(F)F)cc2)nc1NCc1ccnc2[nH]ccc12. The van der Waals surface area contributed by atoms with Crippen LogP contribution in [0.3, 0.4) is 0 Å². The number of aromatic nitrogens is 3. The van der Waals surface area contributed by atoms with Crippen molar-refractivity contribution >= 4 is 22.8 Å². The fourth-order valence-electron chi connectivity index (χ4n) is 3.32. The molecule has 6 nitrogen and oxygen atoms in total. The average molecular weight is 461 g/mol. The molecule has 33 heavy (non-hydrogen) atoms. The number of pyridine rings is 2. The lowest BCUT2D eigenvalue weighted by atomic mass is 10.0. The molecule has 3 heterocycles. The molecule has 3 aromatic heterocycles. The summed E-state index contributed by atoms with van der Waals surface area (Å²) < 4.78 is 64.9. The minimum atomic E-state index is -5.70. The summed E-state index contributed by atoms with van der Waals surface area (Å²) in [6.07, 6.45) is -2.35. The molecule has 0 saturated heterocycles. The van der Waals surface area contributed by atoms with E-state index in [9.17, 15) is 26.7 Å². The first-order valence-corrected chi connectivity index (χ1v) is 9.59. The van der Waals surface area contributed by atoms with Crippen molar-refractivity contribution in [2.24, 2.45) is 5.73 Å². The van der Waals surface area contributed by atoms with Gasteiger partial charge in [0, 0.05) is 35.5 Å². The van der Waals surface area contributed by atoms with Crippen LogP contribution in [0, 0.1) is 0 Å². The molecule has 4 rings (SSSR count). The molecule has 0 fully saturated rings. The standard InChI is InChI=1S/C22H16F5N5O/c23-21(24,22(25,26)27)14-3-1-12(2-4-14)17-6-5-16(18(28)33)20(32-17)31-11-13-7-9-29-19-15(13)8-10-30-19/h1-10H,11H2,(H2,28,33)(H,29,30)(H,31,32). The molecule has 0 spiro atoms. The van der Waals surface area contributed by atoms with E-state index in [1.165, 1.54) is 12.1 Å². The molecule has 0 aliphatic rings. The zero-order valence-corrected chi connectivity index (χ0v) is 16.8. The summed E-state index contributed by atoms with van der Waals surface area (Å²) in [7, 11) is 0. The molecule has 0 unspecified atom stereocenters. The fourth-order valence-corrected chi connectivity index (χ4v) is 3.32. The van der Waals surface area contributed by atoms with Crippen LogP contribution in [0.4, 0.5) is 27.8 Å². The normalized spacial score (nSPS) is 12.2. The third-order valence-corrected chi connectivity index (χ3v) is 5.06. The summed E-state index contributed by atoms with van der Waals surface area (Å²) in [6, 6.07) is 10.1. The molecule has 0 aliphatic heterocycles. The molecule has 0 saturated carbocycles. The maximum absolute atomic E-state index is 13.5. The lowest BCUT2D eigenvalue weighted by Crippen LogP contribution is -2.33. The Labute approximate surface area is 183 Å². The lowest BCUT2D eigenvalue weighted by Gasteiger charge is -2.20. The highest BCUT2D eigenvalue weighted by Crippen LogP contribution is 2.44. The van der Waals surface area contributed by atoms with Gasteiger partial charge < -0.3 is 16.0 Å². The minimum Gasteiger partial charge on any atom is -0.365 e. The fraction of sp³-hybridized carbons (Fsp3) is 0.136. The highest BCUT2D eigenvalue weighted by molar-refractivity contribution is 5.98. The summed E-state index contributed by atoms with van der Waals surface area (Å²) in [5.74, 6) is -5.57. The quantitative estimate of drug-likeness (QED) is 0.353. The molecule has 0 aliphatic carbocycles. The second kappa shape index (κ2) is 8.15. The highest BCUT2D eigenvalue weighted by atomic mass is 19.4. The molecule has 1 amide bonds. The number of alkyl halides is 5. The van der Waals surface area contributed by atoms with E-state index >= 15 is 0 Å². The number of H-pyrrole nitrogens is 1. The Kier molecular flexibility index (Phi) is 5.48. The van der Waals surface area contributed by atoms with E-state index in [0.717, 1.165) is 23.1 Å². The van der Waals surface area contributed by atoms with Crippen molar-refractivity contribution < 1.29 is 26.7 Å². The second-order valence-electron chi connectivity index (χ2n) is 7.17. The van der Waals surface area contributed by atoms with Gasteiger partial charge in [-0.3, -0.25) is 4.79 Å². The molecule has 1 aromatic carbocycles. The summed E-state index contributed by atoms with van der Waals surface area (Å²) in [5, 5.41) is 3.90. The lowest BCUT2D eigenvalue weighted by molar-refractivity contribution is -0.289. The third kappa shape index (κ3) is 4.21. The smallest absolute Gasteiger partial charge is 0.365 e. The number of rotatable bonds is 6. The Morgan fingerprint density at radius 1 is 1.00 bits per heavy atom. The number of hydrogen-bond acceptors (Lipinski definition) is 4. The number of nitrogens with two attached hydrogens (primary N) is 1. The van der Waals surface area contributed by atoms with Gasteiger partial charge in [-0.25, -0.2) is 9.97 Å². The zero-order chi connectivity index (χ0) is 23.8. The van der Waals surface area contributed by atoms with Gasteiger partial charge >= 0.3 is 12.1 Å². The van der Waals surface area contributed by atoms with E-state index in [2.05, 4.69) is 20.3 Å². The first kappa shape index (κ1) is 22.2. The van der Waals surface area contributed by atoms with Crippen molar-refractivity contribution in [3.63, 3.8) is 0 Å². The second-order valence-corrected chi connectivity index (χ2v) is 7.17. The molecule has 4 N–H and O–H groups in total. The van der Waals surface area contributed by atoms with Crippen LogP contribution >= 0.6 is 0 Å². The molecule has 4 aromatic rings. The summed E-state index contributed by atoms with van der Waals surface area (Å²) in [6.45, 7) is 0.268. The summed E-state index contributed by atoms with van der Waals surface area (Å²) >= 11 is 0. The zero-order valence-electron chi connectivity index (χ0n) is 16.8. The van der Waals surface area contributed by atoms with Crippen molar-refractivity contribution in [1.82, 2.24) is 15.0 Å². The van der Waals surface area contributed by atoms with Gasteiger partial charge in [0.05, 0.1) is 11.3 Å². The number of primary amides is 1. The van der Waals surface area contributed by atoms with Crippen molar-refractivity contribution in [3.8, 4) is 11.3 Å². The molecular formula is C22H16F5N5O. The van der Waals surface area contributed by atoms with Crippen LogP contribution in [-0.4, -0.2) is 27.0 Å². The van der Waals surface area contributed by atoms with Gasteiger partial charge in [0.1, 0.15) is 11.5 Å². The third-order valence-electron chi connectivity index (χ3n) is 5.06. The predicted molar refractivity (Wildman–Crippen MR) is 112 cm³/mol. The van der Waals surface area contributed by atoms with Crippen molar-refractivity contribution in [3.05, 3.63) is 77.6 Å². The molecule has 170 valence electrons. The first-order valence-electron chi connectivity index (χ1n) is 9.59. The summed E-state index contributed by atoms with van der Waals surface area (Å²) in [4.78, 5) is 23.4. The van der Waals surface area contributed by atoms with Gasteiger partial charge in [-0.1, -0.05) is 24.3 Å². The Morgan fingerprint density at radius 3 is 2.39 bits per heavy atom.